The molecule has 1 rings (SSSR count). The molecule has 4 heteroatoms. The van der Waals surface area contributed by atoms with Gasteiger partial charge >= 0.3 is 0 Å². The van der Waals surface area contributed by atoms with Crippen molar-refractivity contribution in [3.8, 4) is 0 Å². The predicted molar refractivity (Wildman–Crippen MR) is 62.3 cm³/mol. The summed E-state index contributed by atoms with van der Waals surface area (Å²) in [6.07, 6.45) is 1.63. The summed E-state index contributed by atoms with van der Waals surface area (Å²) in [5.74, 6) is 0. The van der Waals surface area contributed by atoms with E-state index in [-0.39, 0.29) is 6.29 Å². The van der Waals surface area contributed by atoms with Gasteiger partial charge in [0.2, 0.25) is 0 Å². The maximum Gasteiger partial charge on any atom is 0.178 e. The number of hydroxylamine groups is 1. The molecular formula is C12H17NO3. The van der Waals surface area contributed by atoms with E-state index in [9.17, 15) is 5.21 Å². The highest BCUT2D eigenvalue weighted by molar-refractivity contribution is 5.51. The molecule has 4 nitrogen and oxygen atoms in total. The van der Waals surface area contributed by atoms with Crippen molar-refractivity contribution in [1.29, 1.82) is 0 Å². The van der Waals surface area contributed by atoms with E-state index < -0.39 is 0 Å². The minimum Gasteiger partial charge on any atom is -0.624 e. The zero-order chi connectivity index (χ0) is 11.8. The van der Waals surface area contributed by atoms with Crippen LogP contribution in [0.5, 0.6) is 0 Å². The summed E-state index contributed by atoms with van der Waals surface area (Å²) in [5, 5.41) is 11.5. The van der Waals surface area contributed by atoms with E-state index in [0.29, 0.717) is 13.0 Å². The first-order valence-corrected chi connectivity index (χ1v) is 5.13. The predicted octanol–water partition coefficient (Wildman–Crippen LogP) is 1.78. The Morgan fingerprint density at radius 2 is 1.88 bits per heavy atom. The molecule has 0 atom stereocenters. The van der Waals surface area contributed by atoms with Crippen LogP contribution < -0.4 is 0 Å². The largest absolute Gasteiger partial charge is 0.624 e. The van der Waals surface area contributed by atoms with Gasteiger partial charge in [-0.15, -0.1) is 0 Å². The Hall–Kier alpha value is -1.39. The summed E-state index contributed by atoms with van der Waals surface area (Å²) in [7, 11) is 3.10. The maximum absolute atomic E-state index is 11.5. The van der Waals surface area contributed by atoms with Crippen LogP contribution in [0.3, 0.4) is 0 Å². The first kappa shape index (κ1) is 12.7. The average molecular weight is 223 g/mol. The lowest BCUT2D eigenvalue weighted by Crippen LogP contribution is -2.16. The lowest BCUT2D eigenvalue weighted by Gasteiger charge is -2.10. The number of methoxy groups -OCH3 is 2. The van der Waals surface area contributed by atoms with Crippen molar-refractivity contribution < 1.29 is 14.2 Å². The fraction of sp³-hybridized carbons (Fsp3) is 0.417. The number of rotatable bonds is 6. The third-order valence-electron chi connectivity index (χ3n) is 2.21. The van der Waals surface area contributed by atoms with E-state index in [1.165, 1.54) is 6.21 Å². The average Bonchev–Trinajstić information content (AvgIpc) is 2.31. The van der Waals surface area contributed by atoms with Gasteiger partial charge in [0.25, 0.3) is 0 Å². The van der Waals surface area contributed by atoms with Gasteiger partial charge in [-0.3, -0.25) is 0 Å². The zero-order valence-corrected chi connectivity index (χ0v) is 9.63. The molecule has 0 amide bonds. The normalized spacial score (nSPS) is 12.1. The van der Waals surface area contributed by atoms with Crippen LogP contribution >= 0.6 is 0 Å². The Morgan fingerprint density at radius 3 is 2.44 bits per heavy atom. The quantitative estimate of drug-likeness (QED) is 0.243. The van der Waals surface area contributed by atoms with E-state index in [0.717, 1.165) is 10.3 Å². The number of benzene rings is 1. The molecular weight excluding hydrogens is 206 g/mol. The Kier molecular flexibility index (Phi) is 5.53. The highest BCUT2D eigenvalue weighted by Crippen LogP contribution is 2.00. The van der Waals surface area contributed by atoms with E-state index in [4.69, 9.17) is 9.47 Å². The van der Waals surface area contributed by atoms with Crippen molar-refractivity contribution in [3.05, 3.63) is 41.1 Å². The molecule has 0 saturated heterocycles. The van der Waals surface area contributed by atoms with Crippen molar-refractivity contribution in [2.45, 2.75) is 19.3 Å². The van der Waals surface area contributed by atoms with Crippen LogP contribution in [0.4, 0.5) is 0 Å². The zero-order valence-electron chi connectivity index (χ0n) is 9.63. The van der Waals surface area contributed by atoms with Crippen LogP contribution in [-0.2, 0) is 16.0 Å². The van der Waals surface area contributed by atoms with Crippen LogP contribution in [0, 0.1) is 5.21 Å². The summed E-state index contributed by atoms with van der Waals surface area (Å²) in [4.78, 5) is 0. The second kappa shape index (κ2) is 6.98. The second-order valence-electron chi connectivity index (χ2n) is 3.38. The number of ether oxygens (including phenoxy) is 2. The summed E-state index contributed by atoms with van der Waals surface area (Å²) >= 11 is 0. The molecule has 0 fully saturated rings. The van der Waals surface area contributed by atoms with Crippen molar-refractivity contribution in [1.82, 2.24) is 0 Å². The summed E-state index contributed by atoms with van der Waals surface area (Å²) in [6.45, 7) is 0.348. The molecule has 0 spiro atoms. The van der Waals surface area contributed by atoms with Crippen molar-refractivity contribution >= 4 is 6.21 Å². The Morgan fingerprint density at radius 1 is 1.25 bits per heavy atom. The fourth-order valence-corrected chi connectivity index (χ4v) is 1.32. The Balaban J connectivity index is 2.45. The lowest BCUT2D eigenvalue weighted by atomic mass is 10.2. The molecule has 1 aromatic carbocycles. The first-order chi connectivity index (χ1) is 7.76. The minimum absolute atomic E-state index is 0.348. The van der Waals surface area contributed by atoms with Gasteiger partial charge in [0.05, 0.1) is 6.42 Å². The van der Waals surface area contributed by atoms with Crippen LogP contribution in [-0.4, -0.2) is 31.5 Å². The molecule has 0 unspecified atom stereocenters. The van der Waals surface area contributed by atoms with Gasteiger partial charge in [0.15, 0.2) is 19.0 Å². The van der Waals surface area contributed by atoms with E-state index in [1.54, 1.807) is 14.2 Å². The minimum atomic E-state index is -0.354. The topological polar surface area (TPSA) is 44.5 Å². The van der Waals surface area contributed by atoms with Gasteiger partial charge in [-0.2, -0.15) is 0 Å². The van der Waals surface area contributed by atoms with Crippen molar-refractivity contribution in [3.63, 3.8) is 0 Å². The third kappa shape index (κ3) is 4.42. The van der Waals surface area contributed by atoms with Gasteiger partial charge in [-0.1, -0.05) is 30.3 Å². The number of hydrogen-bond donors (Lipinski definition) is 0. The molecule has 0 heterocycles. The van der Waals surface area contributed by atoms with Gasteiger partial charge in [-0.25, -0.2) is 4.74 Å². The monoisotopic (exact) mass is 223 g/mol. The summed E-state index contributed by atoms with van der Waals surface area (Å²) in [6, 6.07) is 9.59. The highest BCUT2D eigenvalue weighted by atomic mass is 16.7. The van der Waals surface area contributed by atoms with Gasteiger partial charge in [-0.05, 0) is 0 Å². The van der Waals surface area contributed by atoms with Crippen molar-refractivity contribution in [2.24, 2.45) is 0 Å². The SMILES string of the molecule is COC(C/C=[N+](\[O-])Cc1ccccc1)OC. The van der Waals surface area contributed by atoms with Crippen LogP contribution in [0.25, 0.3) is 0 Å². The smallest absolute Gasteiger partial charge is 0.178 e. The van der Waals surface area contributed by atoms with Gasteiger partial charge < -0.3 is 14.7 Å². The molecule has 1 aromatic rings. The van der Waals surface area contributed by atoms with E-state index in [2.05, 4.69) is 0 Å². The van der Waals surface area contributed by atoms with Crippen LogP contribution in [0.1, 0.15) is 12.0 Å². The number of nitrogens with zero attached hydrogens (tertiary/aromatic N) is 1. The van der Waals surface area contributed by atoms with Crippen molar-refractivity contribution in [2.75, 3.05) is 14.2 Å². The molecule has 0 bridgehead atoms. The van der Waals surface area contributed by atoms with Crippen LogP contribution in [0.2, 0.25) is 0 Å². The molecule has 0 radical (unpaired) electrons. The Bertz CT molecular complexity index is 320. The first-order valence-electron chi connectivity index (χ1n) is 5.13. The molecule has 88 valence electrons. The maximum atomic E-state index is 11.5. The second-order valence-corrected chi connectivity index (χ2v) is 3.38. The van der Waals surface area contributed by atoms with E-state index >= 15 is 0 Å². The summed E-state index contributed by atoms with van der Waals surface area (Å²) < 4.78 is 10.9. The molecule has 0 aliphatic carbocycles. The lowest BCUT2D eigenvalue weighted by molar-refractivity contribution is -0.471. The fourth-order valence-electron chi connectivity index (χ4n) is 1.32. The molecule has 0 aromatic heterocycles. The molecule has 16 heavy (non-hydrogen) atoms. The Labute approximate surface area is 95.7 Å². The number of hydrogen-bond acceptors (Lipinski definition) is 3. The molecule has 0 N–H and O–H groups in total. The molecule has 0 saturated carbocycles. The van der Waals surface area contributed by atoms with Gasteiger partial charge in [0.1, 0.15) is 0 Å². The molecule has 0 aliphatic heterocycles. The van der Waals surface area contributed by atoms with Crippen LogP contribution in [0.15, 0.2) is 30.3 Å². The molecule has 0 aliphatic rings. The van der Waals surface area contributed by atoms with E-state index in [1.807, 2.05) is 30.3 Å². The summed E-state index contributed by atoms with van der Waals surface area (Å²) in [5.41, 5.74) is 0.986. The highest BCUT2D eigenvalue weighted by Gasteiger charge is 2.05. The third-order valence-corrected chi connectivity index (χ3v) is 2.21. The van der Waals surface area contributed by atoms with Gasteiger partial charge in [0, 0.05) is 19.8 Å². The standard InChI is InChI=1S/C12H17NO3/c1-15-12(16-2)8-9-13(14)10-11-6-4-3-5-7-11/h3-7,9,12H,8,10H2,1-2H3/b13-9-.